The molecule has 0 atom stereocenters. The molecule has 0 aromatic rings. The van der Waals surface area contributed by atoms with Crippen molar-refractivity contribution in [3.8, 4) is 0 Å². The topological polar surface area (TPSA) is 29.1 Å². The summed E-state index contributed by atoms with van der Waals surface area (Å²) in [6.45, 7) is 5.08. The summed E-state index contributed by atoms with van der Waals surface area (Å²) in [5.74, 6) is -0.0648. The summed E-state index contributed by atoms with van der Waals surface area (Å²) in [7, 11) is 0. The second-order valence-electron chi connectivity index (χ2n) is 2.12. The maximum Gasteiger partial charge on any atom is 0.220 e. The molecule has 1 amide bonds. The SMILES string of the molecule is CC(=O)N/C(C)=C/C(C)=S. The first kappa shape index (κ1) is 9.30. The van der Waals surface area contributed by atoms with E-state index in [2.05, 4.69) is 5.32 Å². The highest BCUT2D eigenvalue weighted by Gasteiger charge is 1.90. The number of hydrogen-bond acceptors (Lipinski definition) is 2. The van der Waals surface area contributed by atoms with Gasteiger partial charge in [0.05, 0.1) is 0 Å². The minimum absolute atomic E-state index is 0.0648. The van der Waals surface area contributed by atoms with Crippen LogP contribution < -0.4 is 5.32 Å². The summed E-state index contributed by atoms with van der Waals surface area (Å²) in [5, 5.41) is 2.61. The third-order valence-electron chi connectivity index (χ3n) is 0.793. The lowest BCUT2D eigenvalue weighted by Gasteiger charge is -1.98. The van der Waals surface area contributed by atoms with Crippen molar-refractivity contribution in [1.82, 2.24) is 5.32 Å². The van der Waals surface area contributed by atoms with Crippen LogP contribution in [0.15, 0.2) is 11.8 Å². The average Bonchev–Trinajstić information content (AvgIpc) is 1.58. The first-order valence-electron chi connectivity index (χ1n) is 2.99. The van der Waals surface area contributed by atoms with E-state index in [1.807, 2.05) is 0 Å². The smallest absolute Gasteiger partial charge is 0.220 e. The van der Waals surface area contributed by atoms with Gasteiger partial charge >= 0.3 is 0 Å². The Morgan fingerprint density at radius 1 is 1.40 bits per heavy atom. The zero-order chi connectivity index (χ0) is 8.15. The quantitative estimate of drug-likeness (QED) is 0.485. The molecule has 0 heterocycles. The fourth-order valence-corrected chi connectivity index (χ4v) is 0.795. The van der Waals surface area contributed by atoms with Crippen LogP contribution in [0, 0.1) is 0 Å². The van der Waals surface area contributed by atoms with Crippen molar-refractivity contribution < 1.29 is 4.79 Å². The second kappa shape index (κ2) is 4.17. The van der Waals surface area contributed by atoms with E-state index in [0.717, 1.165) is 10.6 Å². The number of rotatable bonds is 2. The Morgan fingerprint density at radius 3 is 2.20 bits per heavy atom. The van der Waals surface area contributed by atoms with E-state index in [9.17, 15) is 4.79 Å². The van der Waals surface area contributed by atoms with E-state index in [1.54, 1.807) is 19.9 Å². The zero-order valence-electron chi connectivity index (χ0n) is 6.39. The van der Waals surface area contributed by atoms with Gasteiger partial charge in [-0.05, 0) is 19.9 Å². The van der Waals surface area contributed by atoms with Crippen LogP contribution in [0.2, 0.25) is 0 Å². The Labute approximate surface area is 66.3 Å². The minimum atomic E-state index is -0.0648. The summed E-state index contributed by atoms with van der Waals surface area (Å²) in [5.41, 5.74) is 0.792. The predicted octanol–water partition coefficient (Wildman–Crippen LogP) is 1.42. The van der Waals surface area contributed by atoms with E-state index in [1.165, 1.54) is 6.92 Å². The highest BCUT2D eigenvalue weighted by Crippen LogP contribution is 1.88. The van der Waals surface area contributed by atoms with Crippen molar-refractivity contribution in [3.63, 3.8) is 0 Å². The number of carbonyl (C=O) groups is 1. The number of carbonyl (C=O) groups excluding carboxylic acids is 1. The third-order valence-corrected chi connectivity index (χ3v) is 0.911. The molecule has 0 unspecified atom stereocenters. The molecule has 0 aliphatic carbocycles. The molecule has 1 N–H and O–H groups in total. The van der Waals surface area contributed by atoms with Gasteiger partial charge in [-0.15, -0.1) is 0 Å². The van der Waals surface area contributed by atoms with Crippen LogP contribution in [0.3, 0.4) is 0 Å². The van der Waals surface area contributed by atoms with Gasteiger partial charge in [-0.3, -0.25) is 4.79 Å². The Bertz CT molecular complexity index is 184. The second-order valence-corrected chi connectivity index (χ2v) is 2.76. The van der Waals surface area contributed by atoms with Gasteiger partial charge in [0.15, 0.2) is 0 Å². The predicted molar refractivity (Wildman–Crippen MR) is 45.8 cm³/mol. The number of nitrogens with one attached hydrogen (secondary N) is 1. The third kappa shape index (κ3) is 5.44. The first-order valence-corrected chi connectivity index (χ1v) is 3.39. The summed E-state index contributed by atoms with van der Waals surface area (Å²) in [4.78, 5) is 11.2. The molecule has 0 fully saturated rings. The molecule has 3 heteroatoms. The Hall–Kier alpha value is -0.700. The molecule has 2 nitrogen and oxygen atoms in total. The molecule has 56 valence electrons. The molecule has 0 aromatic carbocycles. The number of allylic oxidation sites excluding steroid dienone is 2. The van der Waals surface area contributed by atoms with Gasteiger partial charge in [0.25, 0.3) is 0 Å². The number of hydrogen-bond donors (Lipinski definition) is 1. The lowest BCUT2D eigenvalue weighted by atomic mass is 10.3. The summed E-state index contributed by atoms with van der Waals surface area (Å²) in [6.07, 6.45) is 1.75. The maximum absolute atomic E-state index is 10.4. The van der Waals surface area contributed by atoms with Crippen molar-refractivity contribution in [2.75, 3.05) is 0 Å². The van der Waals surface area contributed by atoms with E-state index in [0.29, 0.717) is 0 Å². The van der Waals surface area contributed by atoms with Gasteiger partial charge in [-0.2, -0.15) is 0 Å². The maximum atomic E-state index is 10.4. The lowest BCUT2D eigenvalue weighted by Crippen LogP contribution is -2.17. The summed E-state index contributed by atoms with van der Waals surface area (Å²) < 4.78 is 0. The van der Waals surface area contributed by atoms with Gasteiger partial charge in [-0.1, -0.05) is 12.2 Å². The Balaban J connectivity index is 3.95. The number of thiocarbonyl (C=S) groups is 1. The Morgan fingerprint density at radius 2 is 1.90 bits per heavy atom. The van der Waals surface area contributed by atoms with Crippen LogP contribution in [-0.4, -0.2) is 10.8 Å². The molecule has 0 bridgehead atoms. The van der Waals surface area contributed by atoms with Gasteiger partial charge in [0.1, 0.15) is 0 Å². The molecule has 0 spiro atoms. The largest absolute Gasteiger partial charge is 0.330 e. The lowest BCUT2D eigenvalue weighted by molar-refractivity contribution is -0.118. The fourth-order valence-electron chi connectivity index (χ4n) is 0.619. The zero-order valence-corrected chi connectivity index (χ0v) is 7.21. The standard InChI is InChI=1S/C7H11NOS/c1-5(4-6(2)10)8-7(3)9/h4H,1-3H3,(H,8,9)/b5-4+. The van der Waals surface area contributed by atoms with Crippen molar-refractivity contribution in [3.05, 3.63) is 11.8 Å². The molecular weight excluding hydrogens is 146 g/mol. The van der Waals surface area contributed by atoms with Gasteiger partial charge in [0.2, 0.25) is 5.91 Å². The molecule has 0 radical (unpaired) electrons. The summed E-state index contributed by atoms with van der Waals surface area (Å²) >= 11 is 4.80. The van der Waals surface area contributed by atoms with Crippen LogP contribution in [-0.2, 0) is 4.79 Å². The molecule has 0 saturated carbocycles. The van der Waals surface area contributed by atoms with Crippen LogP contribution in [0.25, 0.3) is 0 Å². The van der Waals surface area contributed by atoms with E-state index >= 15 is 0 Å². The van der Waals surface area contributed by atoms with Crippen molar-refractivity contribution >= 4 is 23.0 Å². The molecule has 0 saturated heterocycles. The normalized spacial score (nSPS) is 10.9. The minimum Gasteiger partial charge on any atom is -0.330 e. The molecule has 0 aliphatic heterocycles. The molecule has 10 heavy (non-hydrogen) atoms. The van der Waals surface area contributed by atoms with Gasteiger partial charge in [-0.25, -0.2) is 0 Å². The van der Waals surface area contributed by atoms with Crippen molar-refractivity contribution in [2.45, 2.75) is 20.8 Å². The number of amides is 1. The molecular formula is C7H11NOS. The van der Waals surface area contributed by atoms with Crippen LogP contribution in [0.5, 0.6) is 0 Å². The van der Waals surface area contributed by atoms with Crippen molar-refractivity contribution in [2.24, 2.45) is 0 Å². The van der Waals surface area contributed by atoms with Crippen molar-refractivity contribution in [1.29, 1.82) is 0 Å². The molecule has 0 aromatic heterocycles. The highest BCUT2D eigenvalue weighted by atomic mass is 32.1. The fraction of sp³-hybridized carbons (Fsp3) is 0.429. The van der Waals surface area contributed by atoms with E-state index < -0.39 is 0 Å². The van der Waals surface area contributed by atoms with E-state index in [4.69, 9.17) is 12.2 Å². The molecule has 0 rings (SSSR count). The van der Waals surface area contributed by atoms with Crippen LogP contribution in [0.1, 0.15) is 20.8 Å². The van der Waals surface area contributed by atoms with Crippen LogP contribution >= 0.6 is 12.2 Å². The first-order chi connectivity index (χ1) is 4.52. The molecule has 0 aliphatic rings. The highest BCUT2D eigenvalue weighted by molar-refractivity contribution is 7.80. The average molecular weight is 157 g/mol. The Kier molecular flexibility index (Phi) is 3.88. The van der Waals surface area contributed by atoms with Gasteiger partial charge < -0.3 is 5.32 Å². The summed E-state index contributed by atoms with van der Waals surface area (Å²) in [6, 6.07) is 0. The monoisotopic (exact) mass is 157 g/mol. The van der Waals surface area contributed by atoms with E-state index in [-0.39, 0.29) is 5.91 Å². The van der Waals surface area contributed by atoms with Crippen LogP contribution in [0.4, 0.5) is 0 Å². The van der Waals surface area contributed by atoms with Gasteiger partial charge in [0, 0.05) is 17.5 Å².